The van der Waals surface area contributed by atoms with Crippen LogP contribution in [-0.4, -0.2) is 15.7 Å². The molecule has 2 saturated carbocycles. The lowest BCUT2D eigenvalue weighted by atomic mass is 9.88. The van der Waals surface area contributed by atoms with Crippen molar-refractivity contribution in [3.8, 4) is 0 Å². The number of nitrogen functional groups attached to an aromatic ring is 1. The lowest BCUT2D eigenvalue weighted by Gasteiger charge is -2.20. The number of nitrogens with zero attached hydrogens (tertiary/aromatic N) is 2. The summed E-state index contributed by atoms with van der Waals surface area (Å²) in [5.41, 5.74) is 7.27. The minimum absolute atomic E-state index is 0.122. The van der Waals surface area contributed by atoms with E-state index in [1.807, 2.05) is 6.92 Å². The number of nitrogens with one attached hydrogen (secondary N) is 1. The number of hydrogen-bond donors (Lipinski definition) is 2. The second-order valence-electron chi connectivity index (χ2n) is 5.74. The number of aryl methyl sites for hydroxylation is 2. The molecule has 2 bridgehead atoms. The molecule has 1 amide bonds. The van der Waals surface area contributed by atoms with Gasteiger partial charge in [-0.15, -0.1) is 0 Å². The predicted molar refractivity (Wildman–Crippen MR) is 69.9 cm³/mol. The van der Waals surface area contributed by atoms with Gasteiger partial charge in [-0.25, -0.2) is 0 Å². The van der Waals surface area contributed by atoms with Crippen LogP contribution in [0.4, 0.5) is 11.5 Å². The van der Waals surface area contributed by atoms with Gasteiger partial charge in [-0.1, -0.05) is 6.42 Å². The summed E-state index contributed by atoms with van der Waals surface area (Å²) in [6.07, 6.45) is 4.80. The van der Waals surface area contributed by atoms with E-state index in [2.05, 4.69) is 10.4 Å². The molecule has 98 valence electrons. The van der Waals surface area contributed by atoms with Gasteiger partial charge in [-0.3, -0.25) is 9.48 Å². The molecule has 1 aromatic heterocycles. The molecule has 3 atom stereocenters. The second-order valence-corrected chi connectivity index (χ2v) is 5.74. The van der Waals surface area contributed by atoms with E-state index in [0.717, 1.165) is 18.0 Å². The number of nitrogens with two attached hydrogens (primary N) is 1. The van der Waals surface area contributed by atoms with Crippen molar-refractivity contribution in [2.75, 3.05) is 11.1 Å². The summed E-state index contributed by atoms with van der Waals surface area (Å²) < 4.78 is 1.65. The summed E-state index contributed by atoms with van der Waals surface area (Å²) in [6.45, 7) is 1.85. The number of carbonyl (C=O) groups excluding carboxylic acids is 1. The standard InChI is InChI=1S/C13H20N4O/c1-7-11(14)12(17(2)16-7)15-13(18)10-6-8-3-4-9(10)5-8/h8-10H,3-6,14H2,1-2H3,(H,15,18). The van der Waals surface area contributed by atoms with Crippen LogP contribution in [0.25, 0.3) is 0 Å². The predicted octanol–water partition coefficient (Wildman–Crippen LogP) is 1.69. The van der Waals surface area contributed by atoms with Gasteiger partial charge in [0, 0.05) is 13.0 Å². The summed E-state index contributed by atoms with van der Waals surface area (Å²) in [4.78, 5) is 12.3. The zero-order chi connectivity index (χ0) is 12.9. The van der Waals surface area contributed by atoms with Gasteiger partial charge in [0.05, 0.1) is 11.4 Å². The number of carbonyl (C=O) groups is 1. The van der Waals surface area contributed by atoms with Crippen LogP contribution in [0.5, 0.6) is 0 Å². The van der Waals surface area contributed by atoms with Crippen LogP contribution in [0.1, 0.15) is 31.4 Å². The van der Waals surface area contributed by atoms with E-state index in [4.69, 9.17) is 5.73 Å². The van der Waals surface area contributed by atoms with Crippen molar-refractivity contribution in [3.05, 3.63) is 5.69 Å². The monoisotopic (exact) mass is 248 g/mol. The normalized spacial score (nSPS) is 29.8. The molecule has 1 heterocycles. The third-order valence-corrected chi connectivity index (χ3v) is 4.58. The summed E-state index contributed by atoms with van der Waals surface area (Å²) in [7, 11) is 1.81. The third kappa shape index (κ3) is 1.69. The van der Waals surface area contributed by atoms with Crippen LogP contribution in [0, 0.1) is 24.7 Å². The Morgan fingerprint density at radius 2 is 2.22 bits per heavy atom. The number of aromatic nitrogens is 2. The van der Waals surface area contributed by atoms with Gasteiger partial charge in [-0.2, -0.15) is 5.10 Å². The molecule has 0 aliphatic heterocycles. The van der Waals surface area contributed by atoms with Gasteiger partial charge < -0.3 is 11.1 Å². The number of hydrogen-bond acceptors (Lipinski definition) is 3. The van der Waals surface area contributed by atoms with E-state index >= 15 is 0 Å². The van der Waals surface area contributed by atoms with E-state index in [1.54, 1.807) is 11.7 Å². The molecular weight excluding hydrogens is 228 g/mol. The number of amides is 1. The minimum Gasteiger partial charge on any atom is -0.394 e. The first-order valence-corrected chi connectivity index (χ1v) is 6.66. The number of rotatable bonds is 2. The van der Waals surface area contributed by atoms with Crippen LogP contribution in [0.3, 0.4) is 0 Å². The van der Waals surface area contributed by atoms with E-state index in [-0.39, 0.29) is 11.8 Å². The Labute approximate surface area is 107 Å². The van der Waals surface area contributed by atoms with Crippen molar-refractivity contribution in [1.82, 2.24) is 9.78 Å². The molecule has 1 aromatic rings. The zero-order valence-corrected chi connectivity index (χ0v) is 10.9. The Morgan fingerprint density at radius 1 is 1.44 bits per heavy atom. The lowest BCUT2D eigenvalue weighted by molar-refractivity contribution is -0.121. The van der Waals surface area contributed by atoms with E-state index in [1.165, 1.54) is 19.3 Å². The number of fused-ring (bicyclic) bond motifs is 2. The van der Waals surface area contributed by atoms with Crippen LogP contribution in [-0.2, 0) is 11.8 Å². The zero-order valence-electron chi connectivity index (χ0n) is 10.9. The fraction of sp³-hybridized carbons (Fsp3) is 0.692. The van der Waals surface area contributed by atoms with Crippen molar-refractivity contribution in [1.29, 1.82) is 0 Å². The Bertz CT molecular complexity index is 493. The summed E-state index contributed by atoms with van der Waals surface area (Å²) in [5.74, 6) is 2.30. The van der Waals surface area contributed by atoms with Crippen molar-refractivity contribution >= 4 is 17.4 Å². The van der Waals surface area contributed by atoms with Crippen LogP contribution in [0.15, 0.2) is 0 Å². The smallest absolute Gasteiger partial charge is 0.228 e. The SMILES string of the molecule is Cc1nn(C)c(NC(=O)C2CC3CCC2C3)c1N. The van der Waals surface area contributed by atoms with Gasteiger partial charge in [-0.05, 0) is 38.0 Å². The fourth-order valence-electron chi connectivity index (χ4n) is 3.60. The van der Waals surface area contributed by atoms with Gasteiger partial charge in [0.25, 0.3) is 0 Å². The molecule has 2 aliphatic rings. The van der Waals surface area contributed by atoms with Crippen LogP contribution < -0.4 is 11.1 Å². The maximum Gasteiger partial charge on any atom is 0.228 e. The molecule has 0 radical (unpaired) electrons. The first-order chi connectivity index (χ1) is 8.56. The van der Waals surface area contributed by atoms with Gasteiger partial charge >= 0.3 is 0 Å². The maximum atomic E-state index is 12.3. The molecule has 5 heteroatoms. The highest BCUT2D eigenvalue weighted by molar-refractivity contribution is 5.95. The molecule has 3 unspecified atom stereocenters. The molecule has 2 fully saturated rings. The van der Waals surface area contributed by atoms with E-state index in [0.29, 0.717) is 17.4 Å². The Kier molecular flexibility index (Phi) is 2.57. The highest BCUT2D eigenvalue weighted by Gasteiger charge is 2.43. The molecule has 3 rings (SSSR count). The quantitative estimate of drug-likeness (QED) is 0.836. The molecule has 0 spiro atoms. The maximum absolute atomic E-state index is 12.3. The van der Waals surface area contributed by atoms with Crippen molar-refractivity contribution in [2.45, 2.75) is 32.6 Å². The van der Waals surface area contributed by atoms with Gasteiger partial charge in [0.1, 0.15) is 0 Å². The minimum atomic E-state index is 0.122. The van der Waals surface area contributed by atoms with Gasteiger partial charge in [0.2, 0.25) is 5.91 Å². The summed E-state index contributed by atoms with van der Waals surface area (Å²) >= 11 is 0. The molecule has 2 aliphatic carbocycles. The Balaban J connectivity index is 1.75. The van der Waals surface area contributed by atoms with Crippen LogP contribution >= 0.6 is 0 Å². The highest BCUT2D eigenvalue weighted by Crippen LogP contribution is 2.48. The highest BCUT2D eigenvalue weighted by atomic mass is 16.2. The Hall–Kier alpha value is -1.52. The fourth-order valence-corrected chi connectivity index (χ4v) is 3.60. The van der Waals surface area contributed by atoms with E-state index in [9.17, 15) is 4.79 Å². The van der Waals surface area contributed by atoms with Crippen molar-refractivity contribution in [3.63, 3.8) is 0 Å². The number of anilines is 2. The molecule has 0 saturated heterocycles. The molecule has 3 N–H and O–H groups in total. The van der Waals surface area contributed by atoms with E-state index < -0.39 is 0 Å². The van der Waals surface area contributed by atoms with Crippen molar-refractivity contribution < 1.29 is 4.79 Å². The first-order valence-electron chi connectivity index (χ1n) is 6.66. The topological polar surface area (TPSA) is 72.9 Å². The summed E-state index contributed by atoms with van der Waals surface area (Å²) in [5, 5.41) is 7.18. The molecule has 18 heavy (non-hydrogen) atoms. The summed E-state index contributed by atoms with van der Waals surface area (Å²) in [6, 6.07) is 0. The lowest BCUT2D eigenvalue weighted by Crippen LogP contribution is -2.28. The average Bonchev–Trinajstić information content (AvgIpc) is 3.00. The third-order valence-electron chi connectivity index (χ3n) is 4.58. The largest absolute Gasteiger partial charge is 0.394 e. The van der Waals surface area contributed by atoms with Gasteiger partial charge in [0.15, 0.2) is 5.82 Å². The first kappa shape index (κ1) is 11.6. The average molecular weight is 248 g/mol. The molecule has 5 nitrogen and oxygen atoms in total. The second kappa shape index (κ2) is 4.00. The molecule has 0 aromatic carbocycles. The van der Waals surface area contributed by atoms with Crippen LogP contribution in [0.2, 0.25) is 0 Å². The Morgan fingerprint density at radius 3 is 2.72 bits per heavy atom. The van der Waals surface area contributed by atoms with Crippen molar-refractivity contribution in [2.24, 2.45) is 24.8 Å². The molecular formula is C13H20N4O.